The first-order chi connectivity index (χ1) is 15.5. The van der Waals surface area contributed by atoms with Crippen LogP contribution in [0.5, 0.6) is 11.9 Å². The molecular formula is C24H27FN4O3. The van der Waals surface area contributed by atoms with Gasteiger partial charge in [0.25, 0.3) is 0 Å². The molecule has 7 nitrogen and oxygen atoms in total. The van der Waals surface area contributed by atoms with E-state index in [1.807, 2.05) is 25.1 Å². The van der Waals surface area contributed by atoms with Gasteiger partial charge in [0.1, 0.15) is 12.4 Å². The molecule has 0 unspecified atom stereocenters. The molecule has 0 aliphatic rings. The predicted octanol–water partition coefficient (Wildman–Crippen LogP) is 3.40. The second-order valence-electron chi connectivity index (χ2n) is 7.23. The summed E-state index contributed by atoms with van der Waals surface area (Å²) in [4.78, 5) is 19.5. The minimum atomic E-state index is -0.261. The Hall–Kier alpha value is -3.52. The molecule has 2 aromatic carbocycles. The minimum absolute atomic E-state index is 0.0624. The Morgan fingerprint density at radius 3 is 2.59 bits per heavy atom. The number of nitrogens with zero attached hydrogens (tertiary/aromatic N) is 2. The molecule has 0 saturated carbocycles. The van der Waals surface area contributed by atoms with E-state index in [4.69, 9.17) is 9.47 Å². The SMILES string of the molecule is COc1nc(OCc2cccc(-c3ccc(F)cc3)c2C)ncc1CNCCNC(C)=O. The Bertz CT molecular complexity index is 1060. The Balaban J connectivity index is 1.63. The van der Waals surface area contributed by atoms with Crippen LogP contribution in [0.1, 0.15) is 23.6 Å². The largest absolute Gasteiger partial charge is 0.481 e. The molecule has 0 saturated heterocycles. The highest BCUT2D eigenvalue weighted by molar-refractivity contribution is 5.72. The molecule has 0 aliphatic carbocycles. The maximum absolute atomic E-state index is 13.2. The van der Waals surface area contributed by atoms with Crippen LogP contribution in [0.25, 0.3) is 11.1 Å². The zero-order valence-electron chi connectivity index (χ0n) is 18.4. The maximum Gasteiger partial charge on any atom is 0.320 e. The average Bonchev–Trinajstić information content (AvgIpc) is 2.79. The smallest absolute Gasteiger partial charge is 0.320 e. The summed E-state index contributed by atoms with van der Waals surface area (Å²) in [5.41, 5.74) is 4.78. The lowest BCUT2D eigenvalue weighted by Crippen LogP contribution is -2.30. The van der Waals surface area contributed by atoms with Gasteiger partial charge in [0.2, 0.25) is 11.8 Å². The van der Waals surface area contributed by atoms with Crippen molar-refractivity contribution in [3.05, 3.63) is 71.2 Å². The third kappa shape index (κ3) is 6.24. The fourth-order valence-electron chi connectivity index (χ4n) is 3.22. The number of nitrogens with one attached hydrogen (secondary N) is 2. The standard InChI is InChI=1S/C24H27FN4O3/c1-16-19(5-4-6-22(16)18-7-9-21(25)10-8-18)15-32-24-28-14-20(23(29-24)31-3)13-26-11-12-27-17(2)30/h4-10,14,26H,11-13,15H2,1-3H3,(H,27,30). The van der Waals surface area contributed by atoms with Crippen LogP contribution in [0, 0.1) is 12.7 Å². The lowest BCUT2D eigenvalue weighted by molar-refractivity contribution is -0.118. The summed E-state index contributed by atoms with van der Waals surface area (Å²) in [7, 11) is 1.54. The summed E-state index contributed by atoms with van der Waals surface area (Å²) in [6.45, 7) is 5.44. The Labute approximate surface area is 187 Å². The third-order valence-corrected chi connectivity index (χ3v) is 4.95. The van der Waals surface area contributed by atoms with Crippen molar-refractivity contribution in [1.29, 1.82) is 0 Å². The molecule has 1 amide bonds. The van der Waals surface area contributed by atoms with Crippen molar-refractivity contribution in [3.8, 4) is 23.0 Å². The second kappa shape index (κ2) is 11.2. The number of aromatic nitrogens is 2. The number of hydrogen-bond donors (Lipinski definition) is 2. The van der Waals surface area contributed by atoms with Gasteiger partial charge in [-0.15, -0.1) is 0 Å². The zero-order valence-corrected chi connectivity index (χ0v) is 18.4. The van der Waals surface area contributed by atoms with Gasteiger partial charge in [-0.25, -0.2) is 9.37 Å². The predicted molar refractivity (Wildman–Crippen MR) is 120 cm³/mol. The molecule has 1 heterocycles. The molecule has 0 radical (unpaired) electrons. The molecule has 3 rings (SSSR count). The van der Waals surface area contributed by atoms with Crippen molar-refractivity contribution in [2.75, 3.05) is 20.2 Å². The average molecular weight is 439 g/mol. The Kier molecular flexibility index (Phi) is 8.10. The normalized spacial score (nSPS) is 10.6. The first-order valence-corrected chi connectivity index (χ1v) is 10.3. The summed E-state index contributed by atoms with van der Waals surface area (Å²) in [6, 6.07) is 12.6. The Morgan fingerprint density at radius 2 is 1.88 bits per heavy atom. The Morgan fingerprint density at radius 1 is 1.09 bits per heavy atom. The van der Waals surface area contributed by atoms with Gasteiger partial charge in [0, 0.05) is 38.3 Å². The molecule has 0 fully saturated rings. The van der Waals surface area contributed by atoms with Gasteiger partial charge in [-0.2, -0.15) is 4.98 Å². The van der Waals surface area contributed by atoms with Gasteiger partial charge < -0.3 is 20.1 Å². The number of amides is 1. The highest BCUT2D eigenvalue weighted by atomic mass is 19.1. The maximum atomic E-state index is 13.2. The second-order valence-corrected chi connectivity index (χ2v) is 7.23. The number of methoxy groups -OCH3 is 1. The summed E-state index contributed by atoms with van der Waals surface area (Å²) < 4.78 is 24.4. The lowest BCUT2D eigenvalue weighted by atomic mass is 9.97. The first kappa shape index (κ1) is 23.1. The highest BCUT2D eigenvalue weighted by Gasteiger charge is 2.11. The number of halogens is 1. The molecular weight excluding hydrogens is 411 g/mol. The fraction of sp³-hybridized carbons (Fsp3) is 0.292. The van der Waals surface area contributed by atoms with Crippen LogP contribution >= 0.6 is 0 Å². The van der Waals surface area contributed by atoms with E-state index in [1.165, 1.54) is 19.1 Å². The molecule has 3 aromatic rings. The molecule has 2 N–H and O–H groups in total. The van der Waals surface area contributed by atoms with E-state index in [0.29, 0.717) is 32.1 Å². The van der Waals surface area contributed by atoms with Crippen molar-refractivity contribution in [1.82, 2.24) is 20.6 Å². The van der Waals surface area contributed by atoms with E-state index in [9.17, 15) is 9.18 Å². The molecule has 0 atom stereocenters. The molecule has 1 aromatic heterocycles. The highest BCUT2D eigenvalue weighted by Crippen LogP contribution is 2.27. The van der Waals surface area contributed by atoms with Crippen molar-refractivity contribution >= 4 is 5.91 Å². The summed E-state index contributed by atoms with van der Waals surface area (Å²) >= 11 is 0. The van der Waals surface area contributed by atoms with Crippen molar-refractivity contribution < 1.29 is 18.7 Å². The molecule has 0 bridgehead atoms. The molecule has 0 spiro atoms. The van der Waals surface area contributed by atoms with Gasteiger partial charge in [0.15, 0.2) is 0 Å². The van der Waals surface area contributed by atoms with Crippen LogP contribution in [0.15, 0.2) is 48.7 Å². The van der Waals surface area contributed by atoms with Gasteiger partial charge >= 0.3 is 6.01 Å². The topological polar surface area (TPSA) is 85.4 Å². The van der Waals surface area contributed by atoms with Crippen LogP contribution < -0.4 is 20.1 Å². The van der Waals surface area contributed by atoms with Crippen molar-refractivity contribution in [3.63, 3.8) is 0 Å². The molecule has 168 valence electrons. The summed E-state index contributed by atoms with van der Waals surface area (Å²) in [5, 5.41) is 5.93. The molecule has 8 heteroatoms. The van der Waals surface area contributed by atoms with Gasteiger partial charge in [0.05, 0.1) is 7.11 Å². The van der Waals surface area contributed by atoms with Crippen LogP contribution in [0.2, 0.25) is 0 Å². The number of rotatable bonds is 10. The van der Waals surface area contributed by atoms with Crippen LogP contribution in [0.4, 0.5) is 4.39 Å². The van der Waals surface area contributed by atoms with Crippen LogP contribution in [0.3, 0.4) is 0 Å². The first-order valence-electron chi connectivity index (χ1n) is 10.3. The third-order valence-electron chi connectivity index (χ3n) is 4.95. The van der Waals surface area contributed by atoms with E-state index in [2.05, 4.69) is 20.6 Å². The number of benzene rings is 2. The lowest BCUT2D eigenvalue weighted by Gasteiger charge is -2.13. The number of carbonyl (C=O) groups excluding carboxylic acids is 1. The van der Waals surface area contributed by atoms with E-state index in [-0.39, 0.29) is 17.7 Å². The molecule has 32 heavy (non-hydrogen) atoms. The minimum Gasteiger partial charge on any atom is -0.481 e. The number of ether oxygens (including phenoxy) is 2. The van der Waals surface area contributed by atoms with Gasteiger partial charge in [-0.1, -0.05) is 30.3 Å². The van der Waals surface area contributed by atoms with Crippen molar-refractivity contribution in [2.24, 2.45) is 0 Å². The quantitative estimate of drug-likeness (QED) is 0.472. The fourth-order valence-corrected chi connectivity index (χ4v) is 3.22. The summed E-state index contributed by atoms with van der Waals surface area (Å²) in [6.07, 6.45) is 1.66. The van der Waals surface area contributed by atoms with Crippen LogP contribution in [-0.4, -0.2) is 36.1 Å². The van der Waals surface area contributed by atoms with E-state index >= 15 is 0 Å². The zero-order chi connectivity index (χ0) is 22.9. The summed E-state index contributed by atoms with van der Waals surface area (Å²) in [5.74, 6) is 0.106. The van der Waals surface area contributed by atoms with Crippen LogP contribution in [-0.2, 0) is 17.9 Å². The van der Waals surface area contributed by atoms with Crippen molar-refractivity contribution in [2.45, 2.75) is 27.0 Å². The van der Waals surface area contributed by atoms with Gasteiger partial charge in [-0.05, 0) is 41.3 Å². The van der Waals surface area contributed by atoms with E-state index < -0.39 is 0 Å². The van der Waals surface area contributed by atoms with Gasteiger partial charge in [-0.3, -0.25) is 4.79 Å². The number of hydrogen-bond acceptors (Lipinski definition) is 6. The van der Waals surface area contributed by atoms with E-state index in [1.54, 1.807) is 25.4 Å². The van der Waals surface area contributed by atoms with E-state index in [0.717, 1.165) is 27.8 Å². The number of carbonyl (C=O) groups is 1. The molecule has 0 aliphatic heterocycles. The monoisotopic (exact) mass is 438 g/mol.